The molecule has 0 aromatic heterocycles. The van der Waals surface area contributed by atoms with Gasteiger partial charge in [0.15, 0.2) is 6.04 Å². The second kappa shape index (κ2) is 5.13. The molecule has 0 aliphatic rings. The number of hydrogen-bond donors (Lipinski definition) is 4. The summed E-state index contributed by atoms with van der Waals surface area (Å²) < 4.78 is 0. The normalized spacial score (nSPS) is 11.8. The number of carbonyl (C=O) groups excluding carboxylic acids is 1. The molecule has 0 aliphatic heterocycles. The molecule has 86 valence electrons. The number of benzene rings is 1. The number of carboxylic acids is 1. The van der Waals surface area contributed by atoms with E-state index in [2.05, 4.69) is 5.32 Å². The molecule has 16 heavy (non-hydrogen) atoms. The van der Waals surface area contributed by atoms with Crippen LogP contribution in [0.3, 0.4) is 0 Å². The summed E-state index contributed by atoms with van der Waals surface area (Å²) in [6, 6.07) is 4.34. The molecule has 1 aromatic carbocycles. The Morgan fingerprint density at radius 3 is 2.44 bits per heavy atom. The SMILES string of the molecule is O=C(NC(CO)C(=O)O)c1ccccc1O. The van der Waals surface area contributed by atoms with Gasteiger partial charge in [-0.1, -0.05) is 12.1 Å². The minimum atomic E-state index is -1.38. The number of aliphatic carboxylic acids is 1. The Morgan fingerprint density at radius 2 is 1.94 bits per heavy atom. The topological polar surface area (TPSA) is 107 Å². The van der Waals surface area contributed by atoms with E-state index < -0.39 is 24.5 Å². The Morgan fingerprint density at radius 1 is 1.31 bits per heavy atom. The molecular formula is C10H11NO5. The van der Waals surface area contributed by atoms with Crippen LogP contribution in [0.15, 0.2) is 24.3 Å². The minimum absolute atomic E-state index is 0.0396. The number of hydrogen-bond acceptors (Lipinski definition) is 4. The van der Waals surface area contributed by atoms with E-state index in [9.17, 15) is 14.7 Å². The number of aliphatic hydroxyl groups is 1. The lowest BCUT2D eigenvalue weighted by molar-refractivity contribution is -0.140. The molecule has 0 saturated heterocycles. The maximum Gasteiger partial charge on any atom is 0.328 e. The van der Waals surface area contributed by atoms with Crippen LogP contribution in [-0.2, 0) is 4.79 Å². The Balaban J connectivity index is 2.80. The van der Waals surface area contributed by atoms with Gasteiger partial charge in [-0.2, -0.15) is 0 Å². The van der Waals surface area contributed by atoms with Gasteiger partial charge < -0.3 is 20.6 Å². The van der Waals surface area contributed by atoms with Crippen molar-refractivity contribution in [3.63, 3.8) is 0 Å². The van der Waals surface area contributed by atoms with E-state index in [0.717, 1.165) is 0 Å². The highest BCUT2D eigenvalue weighted by Crippen LogP contribution is 2.15. The minimum Gasteiger partial charge on any atom is -0.507 e. The van der Waals surface area contributed by atoms with E-state index in [1.807, 2.05) is 0 Å². The molecule has 0 aliphatic carbocycles. The molecule has 0 fully saturated rings. The zero-order valence-electron chi connectivity index (χ0n) is 8.25. The summed E-state index contributed by atoms with van der Waals surface area (Å²) >= 11 is 0. The first kappa shape index (κ1) is 12.0. The third-order valence-corrected chi connectivity index (χ3v) is 1.93. The molecule has 0 radical (unpaired) electrons. The fraction of sp³-hybridized carbons (Fsp3) is 0.200. The number of phenolic OH excluding ortho intramolecular Hbond substituents is 1. The van der Waals surface area contributed by atoms with Gasteiger partial charge in [0.05, 0.1) is 12.2 Å². The number of nitrogens with one attached hydrogen (secondary N) is 1. The van der Waals surface area contributed by atoms with Gasteiger partial charge in [-0.3, -0.25) is 4.79 Å². The Kier molecular flexibility index (Phi) is 3.84. The fourth-order valence-corrected chi connectivity index (χ4v) is 1.09. The number of para-hydroxylation sites is 1. The van der Waals surface area contributed by atoms with Crippen molar-refractivity contribution < 1.29 is 24.9 Å². The summed E-state index contributed by atoms with van der Waals surface area (Å²) in [6.45, 7) is -0.714. The van der Waals surface area contributed by atoms with Gasteiger partial charge in [-0.15, -0.1) is 0 Å². The predicted molar refractivity (Wildman–Crippen MR) is 54.1 cm³/mol. The molecular weight excluding hydrogens is 214 g/mol. The van der Waals surface area contributed by atoms with Crippen LogP contribution in [0.1, 0.15) is 10.4 Å². The molecule has 0 spiro atoms. The van der Waals surface area contributed by atoms with Crippen LogP contribution in [0.4, 0.5) is 0 Å². The van der Waals surface area contributed by atoms with Crippen molar-refractivity contribution in [1.82, 2.24) is 5.32 Å². The highest BCUT2D eigenvalue weighted by molar-refractivity contribution is 5.98. The number of aromatic hydroxyl groups is 1. The van der Waals surface area contributed by atoms with Crippen molar-refractivity contribution in [1.29, 1.82) is 0 Å². The number of amides is 1. The van der Waals surface area contributed by atoms with Crippen molar-refractivity contribution in [2.45, 2.75) is 6.04 Å². The second-order valence-electron chi connectivity index (χ2n) is 3.06. The smallest absolute Gasteiger partial charge is 0.328 e. The van der Waals surface area contributed by atoms with Crippen LogP contribution < -0.4 is 5.32 Å². The fourth-order valence-electron chi connectivity index (χ4n) is 1.09. The zero-order chi connectivity index (χ0) is 12.1. The molecule has 1 unspecified atom stereocenters. The number of carboxylic acid groups (broad SMARTS) is 1. The highest BCUT2D eigenvalue weighted by atomic mass is 16.4. The van der Waals surface area contributed by atoms with Crippen LogP contribution in [0, 0.1) is 0 Å². The number of rotatable bonds is 4. The summed E-state index contributed by atoms with van der Waals surface area (Å²) in [4.78, 5) is 22.0. The first-order chi connectivity index (χ1) is 7.56. The second-order valence-corrected chi connectivity index (χ2v) is 3.06. The summed E-state index contributed by atoms with van der Waals surface area (Å²) in [7, 11) is 0. The first-order valence-corrected chi connectivity index (χ1v) is 4.48. The molecule has 6 nitrogen and oxygen atoms in total. The Bertz CT molecular complexity index is 404. The van der Waals surface area contributed by atoms with E-state index in [1.165, 1.54) is 24.3 Å². The van der Waals surface area contributed by atoms with Gasteiger partial charge in [0.25, 0.3) is 5.91 Å². The summed E-state index contributed by atoms with van der Waals surface area (Å²) in [5.74, 6) is -2.34. The summed E-state index contributed by atoms with van der Waals surface area (Å²) in [6.07, 6.45) is 0. The summed E-state index contributed by atoms with van der Waals surface area (Å²) in [5, 5.41) is 28.7. The third kappa shape index (κ3) is 2.71. The predicted octanol–water partition coefficient (Wildman–Crippen LogP) is -0.433. The first-order valence-electron chi connectivity index (χ1n) is 4.48. The average Bonchev–Trinajstić information content (AvgIpc) is 2.25. The monoisotopic (exact) mass is 225 g/mol. The van der Waals surface area contributed by atoms with Crippen LogP contribution in [-0.4, -0.2) is 39.8 Å². The van der Waals surface area contributed by atoms with E-state index in [-0.39, 0.29) is 11.3 Å². The lowest BCUT2D eigenvalue weighted by Crippen LogP contribution is -2.43. The molecule has 4 N–H and O–H groups in total. The van der Waals surface area contributed by atoms with Gasteiger partial charge in [0, 0.05) is 0 Å². The maximum atomic E-state index is 11.5. The standard InChI is InChI=1S/C10H11NO5/c12-5-7(10(15)16)11-9(14)6-3-1-2-4-8(6)13/h1-4,7,12-13H,5H2,(H,11,14)(H,15,16). The lowest BCUT2D eigenvalue weighted by Gasteiger charge is -2.11. The largest absolute Gasteiger partial charge is 0.507 e. The van der Waals surface area contributed by atoms with Gasteiger partial charge in [-0.25, -0.2) is 4.79 Å². The van der Waals surface area contributed by atoms with E-state index >= 15 is 0 Å². The van der Waals surface area contributed by atoms with Crippen molar-refractivity contribution in [2.75, 3.05) is 6.61 Å². The third-order valence-electron chi connectivity index (χ3n) is 1.93. The van der Waals surface area contributed by atoms with Crippen LogP contribution in [0.25, 0.3) is 0 Å². The molecule has 1 aromatic rings. The van der Waals surface area contributed by atoms with E-state index in [0.29, 0.717) is 0 Å². The average molecular weight is 225 g/mol. The van der Waals surface area contributed by atoms with Gasteiger partial charge in [0.2, 0.25) is 0 Å². The number of carbonyl (C=O) groups is 2. The van der Waals surface area contributed by atoms with Crippen LogP contribution in [0.2, 0.25) is 0 Å². The molecule has 0 bridgehead atoms. The molecule has 0 heterocycles. The van der Waals surface area contributed by atoms with Crippen molar-refractivity contribution in [3.8, 4) is 5.75 Å². The molecule has 1 atom stereocenters. The van der Waals surface area contributed by atoms with E-state index in [4.69, 9.17) is 10.2 Å². The summed E-state index contributed by atoms with van der Waals surface area (Å²) in [5.41, 5.74) is -0.0396. The molecule has 1 amide bonds. The maximum absolute atomic E-state index is 11.5. The Labute approximate surface area is 91.1 Å². The highest BCUT2D eigenvalue weighted by Gasteiger charge is 2.20. The zero-order valence-corrected chi connectivity index (χ0v) is 8.25. The van der Waals surface area contributed by atoms with Crippen LogP contribution >= 0.6 is 0 Å². The molecule has 6 heteroatoms. The van der Waals surface area contributed by atoms with Crippen LogP contribution in [0.5, 0.6) is 5.75 Å². The van der Waals surface area contributed by atoms with Gasteiger partial charge in [-0.05, 0) is 12.1 Å². The van der Waals surface area contributed by atoms with Crippen molar-refractivity contribution >= 4 is 11.9 Å². The lowest BCUT2D eigenvalue weighted by atomic mass is 10.1. The number of aliphatic hydroxyl groups excluding tert-OH is 1. The van der Waals surface area contributed by atoms with Crippen molar-refractivity contribution in [3.05, 3.63) is 29.8 Å². The number of phenols is 1. The van der Waals surface area contributed by atoms with Gasteiger partial charge in [0.1, 0.15) is 5.75 Å². The quantitative estimate of drug-likeness (QED) is 0.556. The van der Waals surface area contributed by atoms with Crippen molar-refractivity contribution in [2.24, 2.45) is 0 Å². The molecule has 1 rings (SSSR count). The van der Waals surface area contributed by atoms with Gasteiger partial charge >= 0.3 is 5.97 Å². The molecule has 0 saturated carbocycles. The Hall–Kier alpha value is -2.08. The van der Waals surface area contributed by atoms with E-state index in [1.54, 1.807) is 0 Å².